The third-order valence-electron chi connectivity index (χ3n) is 11.1. The van der Waals surface area contributed by atoms with Crippen LogP contribution >= 0.6 is 11.3 Å². The Kier molecular flexibility index (Phi) is 5.41. The van der Waals surface area contributed by atoms with Crippen LogP contribution in [0.15, 0.2) is 164 Å². The Hall–Kier alpha value is -6.42. The number of rotatable bonds is 3. The van der Waals surface area contributed by atoms with E-state index in [1.165, 1.54) is 114 Å². The van der Waals surface area contributed by atoms with Gasteiger partial charge in [-0.05, 0) is 57.8 Å². The van der Waals surface area contributed by atoms with Crippen molar-refractivity contribution in [3.05, 3.63) is 164 Å². The predicted molar refractivity (Wildman–Crippen MR) is 218 cm³/mol. The van der Waals surface area contributed by atoms with E-state index in [0.29, 0.717) is 0 Å². The molecule has 0 spiro atoms. The zero-order valence-electron chi connectivity index (χ0n) is 27.4. The van der Waals surface area contributed by atoms with Crippen LogP contribution in [0.3, 0.4) is 0 Å². The summed E-state index contributed by atoms with van der Waals surface area (Å²) in [5.74, 6) is 0. The molecular formula is C48H28N2S. The van der Waals surface area contributed by atoms with Crippen LogP contribution in [0.25, 0.3) is 114 Å². The smallest absolute Gasteiger partial charge is 0.0620 e. The van der Waals surface area contributed by atoms with E-state index in [1.54, 1.807) is 0 Å². The lowest BCUT2D eigenvalue weighted by Crippen LogP contribution is -1.95. The molecule has 3 aromatic heterocycles. The first-order valence-corrected chi connectivity index (χ1v) is 18.3. The minimum Gasteiger partial charge on any atom is -0.353 e. The van der Waals surface area contributed by atoms with Gasteiger partial charge in [-0.15, -0.1) is 11.3 Å². The van der Waals surface area contributed by atoms with Crippen LogP contribution in [0.1, 0.15) is 0 Å². The number of hydrogen-bond acceptors (Lipinski definition) is 1. The average molecular weight is 665 g/mol. The fourth-order valence-electron chi connectivity index (χ4n) is 8.97. The number of fused-ring (bicyclic) bond motifs is 11. The molecule has 0 radical (unpaired) electrons. The number of thiophene rings is 1. The van der Waals surface area contributed by atoms with Crippen molar-refractivity contribution < 1.29 is 0 Å². The Bertz CT molecular complexity index is 3250. The van der Waals surface area contributed by atoms with Gasteiger partial charge < -0.3 is 9.55 Å². The lowest BCUT2D eigenvalue weighted by molar-refractivity contribution is 1.18. The van der Waals surface area contributed by atoms with Gasteiger partial charge in [-0.1, -0.05) is 133 Å². The molecule has 1 aliphatic rings. The second-order valence-electron chi connectivity index (χ2n) is 13.7. The molecule has 1 aliphatic carbocycles. The van der Waals surface area contributed by atoms with Crippen molar-refractivity contribution in [3.63, 3.8) is 0 Å². The molecule has 0 amide bonds. The van der Waals surface area contributed by atoms with Crippen molar-refractivity contribution in [1.29, 1.82) is 0 Å². The van der Waals surface area contributed by atoms with Crippen LogP contribution in [0.2, 0.25) is 0 Å². The maximum Gasteiger partial charge on any atom is 0.0620 e. The molecule has 1 N–H and O–H groups in total. The van der Waals surface area contributed by atoms with Gasteiger partial charge >= 0.3 is 0 Å². The van der Waals surface area contributed by atoms with Crippen molar-refractivity contribution in [2.75, 3.05) is 0 Å². The molecule has 0 unspecified atom stereocenters. The summed E-state index contributed by atoms with van der Waals surface area (Å²) in [5, 5.41) is 9.11. The Morgan fingerprint density at radius 2 is 1.12 bits per heavy atom. The average Bonchev–Trinajstić information content (AvgIpc) is 3.93. The SMILES string of the molecule is c1ccc(-n2c3ccccc3c3cccc(-c4cccc5c6c([nH]c45)-c4cccc5c(-c7ccc8c(c7)sc7ccccc78)ccc-6c45)c32)cc1. The Labute approximate surface area is 297 Å². The Balaban J connectivity index is 1.07. The summed E-state index contributed by atoms with van der Waals surface area (Å²) in [5.41, 5.74) is 14.9. The highest BCUT2D eigenvalue weighted by Gasteiger charge is 2.28. The Morgan fingerprint density at radius 3 is 2.02 bits per heavy atom. The number of hydrogen-bond donors (Lipinski definition) is 1. The van der Waals surface area contributed by atoms with Gasteiger partial charge in [0.05, 0.1) is 22.2 Å². The van der Waals surface area contributed by atoms with Gasteiger partial charge in [0.2, 0.25) is 0 Å². The van der Waals surface area contributed by atoms with Gasteiger partial charge in [-0.3, -0.25) is 0 Å². The van der Waals surface area contributed by atoms with E-state index in [9.17, 15) is 0 Å². The van der Waals surface area contributed by atoms with Gasteiger partial charge in [0.15, 0.2) is 0 Å². The highest BCUT2D eigenvalue weighted by atomic mass is 32.1. The van der Waals surface area contributed by atoms with E-state index in [-0.39, 0.29) is 0 Å². The van der Waals surface area contributed by atoms with Crippen molar-refractivity contribution >= 4 is 75.0 Å². The molecule has 0 aliphatic heterocycles. The molecule has 3 heterocycles. The zero-order valence-corrected chi connectivity index (χ0v) is 28.3. The second kappa shape index (κ2) is 10.1. The van der Waals surface area contributed by atoms with Gasteiger partial charge in [-0.25, -0.2) is 0 Å². The molecule has 11 aromatic rings. The van der Waals surface area contributed by atoms with E-state index in [4.69, 9.17) is 0 Å². The van der Waals surface area contributed by atoms with Gasteiger partial charge in [-0.2, -0.15) is 0 Å². The van der Waals surface area contributed by atoms with E-state index < -0.39 is 0 Å². The van der Waals surface area contributed by atoms with E-state index >= 15 is 0 Å². The molecule has 12 rings (SSSR count). The molecule has 236 valence electrons. The minimum absolute atomic E-state index is 1.17. The van der Waals surface area contributed by atoms with Crippen molar-refractivity contribution in [3.8, 4) is 50.3 Å². The number of aromatic nitrogens is 2. The largest absolute Gasteiger partial charge is 0.353 e. The van der Waals surface area contributed by atoms with Crippen molar-refractivity contribution in [2.24, 2.45) is 0 Å². The second-order valence-corrected chi connectivity index (χ2v) is 14.8. The topological polar surface area (TPSA) is 20.7 Å². The number of para-hydroxylation sites is 4. The van der Waals surface area contributed by atoms with Gasteiger partial charge in [0, 0.05) is 64.3 Å². The monoisotopic (exact) mass is 664 g/mol. The summed E-state index contributed by atoms with van der Waals surface area (Å²) in [6.45, 7) is 0. The molecule has 8 aromatic carbocycles. The van der Waals surface area contributed by atoms with Gasteiger partial charge in [0.1, 0.15) is 0 Å². The third-order valence-corrected chi connectivity index (χ3v) is 12.2. The van der Waals surface area contributed by atoms with Crippen LogP contribution in [-0.2, 0) is 0 Å². The Morgan fingerprint density at radius 1 is 0.431 bits per heavy atom. The molecule has 3 heteroatoms. The highest BCUT2D eigenvalue weighted by molar-refractivity contribution is 7.25. The van der Waals surface area contributed by atoms with E-state index in [2.05, 4.69) is 173 Å². The number of H-pyrrole nitrogens is 1. The number of benzene rings is 8. The molecule has 0 atom stereocenters. The molecule has 0 saturated carbocycles. The zero-order chi connectivity index (χ0) is 33.2. The lowest BCUT2D eigenvalue weighted by atomic mass is 9.93. The quantitative estimate of drug-likeness (QED) is 0.194. The van der Waals surface area contributed by atoms with Gasteiger partial charge in [0.25, 0.3) is 0 Å². The molecule has 0 fully saturated rings. The predicted octanol–water partition coefficient (Wildman–Crippen LogP) is 13.8. The first-order valence-electron chi connectivity index (χ1n) is 17.5. The van der Waals surface area contributed by atoms with Crippen molar-refractivity contribution in [1.82, 2.24) is 9.55 Å². The fourth-order valence-corrected chi connectivity index (χ4v) is 10.1. The normalized spacial score (nSPS) is 12.3. The molecule has 2 nitrogen and oxygen atoms in total. The molecule has 0 saturated heterocycles. The van der Waals surface area contributed by atoms with Crippen LogP contribution in [0.4, 0.5) is 0 Å². The first-order chi connectivity index (χ1) is 25.3. The summed E-state index contributed by atoms with van der Waals surface area (Å²) >= 11 is 1.88. The number of nitrogens with one attached hydrogen (secondary N) is 1. The lowest BCUT2D eigenvalue weighted by Gasteiger charge is -2.13. The van der Waals surface area contributed by atoms with Crippen LogP contribution in [0.5, 0.6) is 0 Å². The summed E-state index contributed by atoms with van der Waals surface area (Å²) in [6.07, 6.45) is 0. The number of aromatic amines is 1. The summed E-state index contributed by atoms with van der Waals surface area (Å²) in [6, 6.07) is 60.3. The van der Waals surface area contributed by atoms with Crippen LogP contribution < -0.4 is 0 Å². The van der Waals surface area contributed by atoms with E-state index in [1.807, 2.05) is 11.3 Å². The maximum atomic E-state index is 4.00. The first kappa shape index (κ1) is 27.4. The van der Waals surface area contributed by atoms with E-state index in [0.717, 1.165) is 0 Å². The maximum absolute atomic E-state index is 4.00. The molecular weight excluding hydrogens is 637 g/mol. The van der Waals surface area contributed by atoms with Crippen LogP contribution in [0, 0.1) is 0 Å². The molecule has 51 heavy (non-hydrogen) atoms. The van der Waals surface area contributed by atoms with Crippen LogP contribution in [-0.4, -0.2) is 9.55 Å². The minimum atomic E-state index is 1.17. The standard InChI is InChI=1S/C48H28N2S/c1-2-11-29(12-3-1)50-41-21-6-4-13-31(41)36-17-10-18-37(48(36)50)35-16-9-20-40-45-38-26-25-30(34-15-8-19-39(44(34)38)47(45)49-46(35)40)28-23-24-33-32-14-5-7-22-42(32)51-43(33)27-28/h1-27,49H. The number of nitrogens with zero attached hydrogens (tertiary/aromatic N) is 1. The summed E-state index contributed by atoms with van der Waals surface area (Å²) in [4.78, 5) is 4.00. The van der Waals surface area contributed by atoms with Crippen molar-refractivity contribution in [2.45, 2.75) is 0 Å². The molecule has 0 bridgehead atoms. The third kappa shape index (κ3) is 3.65. The fraction of sp³-hybridized carbons (Fsp3) is 0. The summed E-state index contributed by atoms with van der Waals surface area (Å²) in [7, 11) is 0. The summed E-state index contributed by atoms with van der Waals surface area (Å²) < 4.78 is 5.11. The highest BCUT2D eigenvalue weighted by Crippen LogP contribution is 2.53.